The quantitative estimate of drug-likeness (QED) is 0.894. The third-order valence-corrected chi connectivity index (χ3v) is 4.86. The summed E-state index contributed by atoms with van der Waals surface area (Å²) in [5, 5.41) is 5.86. The number of rotatable bonds is 3. The number of hydrogen-bond acceptors (Lipinski definition) is 3. The number of fused-ring (bicyclic) bond motifs is 1. The van der Waals surface area contributed by atoms with Gasteiger partial charge in [-0.2, -0.15) is 0 Å². The number of carbonyl (C=O) groups is 2. The largest absolute Gasteiger partial charge is 0.482 e. The summed E-state index contributed by atoms with van der Waals surface area (Å²) in [7, 11) is 0. The summed E-state index contributed by atoms with van der Waals surface area (Å²) in [5.41, 5.74) is 1.60. The zero-order chi connectivity index (χ0) is 17.1. The van der Waals surface area contributed by atoms with Crippen LogP contribution >= 0.6 is 0 Å². The van der Waals surface area contributed by atoms with Crippen LogP contribution in [0.1, 0.15) is 44.7 Å². The van der Waals surface area contributed by atoms with Gasteiger partial charge in [0, 0.05) is 13.1 Å². The number of carbonyl (C=O) groups excluding carboxylic acids is 2. The Hall–Kier alpha value is -2.24. The molecule has 6 nitrogen and oxygen atoms in total. The smallest absolute Gasteiger partial charge is 0.317 e. The van der Waals surface area contributed by atoms with Gasteiger partial charge in [0.2, 0.25) is 0 Å². The Labute approximate surface area is 142 Å². The molecule has 3 amide bonds. The molecule has 1 saturated heterocycles. The minimum absolute atomic E-state index is 0.0151. The molecule has 0 unspecified atom stereocenters. The van der Waals surface area contributed by atoms with Gasteiger partial charge < -0.3 is 20.3 Å². The van der Waals surface area contributed by atoms with Crippen LogP contribution in [0, 0.1) is 5.92 Å². The summed E-state index contributed by atoms with van der Waals surface area (Å²) < 4.78 is 5.36. The minimum Gasteiger partial charge on any atom is -0.482 e. The van der Waals surface area contributed by atoms with Crippen molar-refractivity contribution in [3.8, 4) is 5.75 Å². The van der Waals surface area contributed by atoms with E-state index >= 15 is 0 Å². The fraction of sp³-hybridized carbons (Fsp3) is 0.556. The second kappa shape index (κ2) is 7.11. The van der Waals surface area contributed by atoms with Gasteiger partial charge in [0.1, 0.15) is 5.75 Å². The van der Waals surface area contributed by atoms with Gasteiger partial charge in [-0.3, -0.25) is 4.79 Å². The lowest BCUT2D eigenvalue weighted by Crippen LogP contribution is -2.46. The van der Waals surface area contributed by atoms with Gasteiger partial charge in [-0.25, -0.2) is 4.79 Å². The molecular weight excluding hydrogens is 306 g/mol. The number of ether oxygens (including phenoxy) is 1. The van der Waals surface area contributed by atoms with E-state index in [4.69, 9.17) is 4.74 Å². The molecule has 3 rings (SSSR count). The van der Waals surface area contributed by atoms with E-state index in [9.17, 15) is 9.59 Å². The summed E-state index contributed by atoms with van der Waals surface area (Å²) in [4.78, 5) is 25.9. The second-order valence-electron chi connectivity index (χ2n) is 6.63. The molecule has 0 spiro atoms. The lowest BCUT2D eigenvalue weighted by atomic mass is 9.96. The van der Waals surface area contributed by atoms with Crippen LogP contribution in [-0.2, 0) is 4.79 Å². The van der Waals surface area contributed by atoms with E-state index in [0.29, 0.717) is 17.4 Å². The monoisotopic (exact) mass is 331 g/mol. The second-order valence-corrected chi connectivity index (χ2v) is 6.63. The predicted octanol–water partition coefficient (Wildman–Crippen LogP) is 2.91. The Balaban J connectivity index is 1.64. The minimum atomic E-state index is -0.157. The first-order valence-electron chi connectivity index (χ1n) is 8.69. The Morgan fingerprint density at radius 3 is 3.12 bits per heavy atom. The van der Waals surface area contributed by atoms with Crippen molar-refractivity contribution in [3.05, 3.63) is 23.8 Å². The average molecular weight is 331 g/mol. The lowest BCUT2D eigenvalue weighted by Gasteiger charge is -2.33. The molecule has 2 heterocycles. The van der Waals surface area contributed by atoms with Crippen LogP contribution in [-0.4, -0.2) is 36.5 Å². The summed E-state index contributed by atoms with van der Waals surface area (Å²) in [6.07, 6.45) is 3.40. The molecule has 2 atom stereocenters. The molecule has 1 fully saturated rings. The van der Waals surface area contributed by atoms with Crippen molar-refractivity contribution >= 4 is 17.6 Å². The first kappa shape index (κ1) is 16.6. The van der Waals surface area contributed by atoms with Crippen molar-refractivity contribution in [2.24, 2.45) is 5.92 Å². The van der Waals surface area contributed by atoms with E-state index in [2.05, 4.69) is 17.6 Å². The highest BCUT2D eigenvalue weighted by molar-refractivity contribution is 5.95. The van der Waals surface area contributed by atoms with Crippen LogP contribution < -0.4 is 15.4 Å². The molecule has 0 bridgehead atoms. The standard InChI is InChI=1S/C18H25N3O3/c1-3-13-5-4-8-21(10-13)18(23)19-12(2)14-6-7-16-15(9-14)20-17(22)11-24-16/h6-7,9,12-13H,3-5,8,10-11H2,1-2H3,(H,19,23)(H,20,22)/t12-,13+/m1/s1. The summed E-state index contributed by atoms with van der Waals surface area (Å²) >= 11 is 0. The maximum atomic E-state index is 12.5. The molecule has 6 heteroatoms. The van der Waals surface area contributed by atoms with E-state index in [1.807, 2.05) is 30.0 Å². The SMILES string of the molecule is CC[C@H]1CCCN(C(=O)N[C@H](C)c2ccc3c(c2)NC(=O)CO3)C1. The van der Waals surface area contributed by atoms with E-state index in [1.54, 1.807) is 0 Å². The molecule has 2 N–H and O–H groups in total. The zero-order valence-electron chi connectivity index (χ0n) is 14.3. The Bertz CT molecular complexity index is 632. The Kier molecular flexibility index (Phi) is 4.92. The van der Waals surface area contributed by atoms with Gasteiger partial charge in [-0.05, 0) is 43.4 Å². The number of likely N-dealkylation sites (tertiary alicyclic amines) is 1. The average Bonchev–Trinajstić information content (AvgIpc) is 2.61. The lowest BCUT2D eigenvalue weighted by molar-refractivity contribution is -0.118. The third-order valence-electron chi connectivity index (χ3n) is 4.86. The van der Waals surface area contributed by atoms with Crippen molar-refractivity contribution in [3.63, 3.8) is 0 Å². The van der Waals surface area contributed by atoms with Crippen LogP contribution in [0.3, 0.4) is 0 Å². The highest BCUT2D eigenvalue weighted by atomic mass is 16.5. The summed E-state index contributed by atoms with van der Waals surface area (Å²) in [6.45, 7) is 5.84. The number of hydrogen-bond donors (Lipinski definition) is 2. The van der Waals surface area contributed by atoms with Crippen molar-refractivity contribution < 1.29 is 14.3 Å². The van der Waals surface area contributed by atoms with Crippen molar-refractivity contribution in [1.82, 2.24) is 10.2 Å². The number of nitrogens with zero attached hydrogens (tertiary/aromatic N) is 1. The van der Waals surface area contributed by atoms with Gasteiger partial charge in [-0.15, -0.1) is 0 Å². The molecule has 0 radical (unpaired) electrons. The number of urea groups is 1. The Morgan fingerprint density at radius 2 is 2.33 bits per heavy atom. The summed E-state index contributed by atoms with van der Waals surface area (Å²) in [6, 6.07) is 5.47. The van der Waals surface area contributed by atoms with Gasteiger partial charge >= 0.3 is 6.03 Å². The molecule has 24 heavy (non-hydrogen) atoms. The molecule has 2 aliphatic rings. The molecular formula is C18H25N3O3. The van der Waals surface area contributed by atoms with E-state index in [1.165, 1.54) is 6.42 Å². The molecule has 1 aromatic carbocycles. The van der Waals surface area contributed by atoms with E-state index in [-0.39, 0.29) is 24.6 Å². The molecule has 0 saturated carbocycles. The Morgan fingerprint density at radius 1 is 1.50 bits per heavy atom. The number of piperidine rings is 1. The zero-order valence-corrected chi connectivity index (χ0v) is 14.3. The van der Waals surface area contributed by atoms with Crippen molar-refractivity contribution in [2.45, 2.75) is 39.2 Å². The number of nitrogens with one attached hydrogen (secondary N) is 2. The highest BCUT2D eigenvalue weighted by Crippen LogP contribution is 2.30. The van der Waals surface area contributed by atoms with Crippen LogP contribution in [0.4, 0.5) is 10.5 Å². The molecule has 0 aromatic heterocycles. The molecule has 130 valence electrons. The third kappa shape index (κ3) is 3.63. The first-order valence-corrected chi connectivity index (χ1v) is 8.69. The van der Waals surface area contributed by atoms with Gasteiger partial charge in [-0.1, -0.05) is 19.4 Å². The van der Waals surface area contributed by atoms with E-state index < -0.39 is 0 Å². The normalized spacial score (nSPS) is 21.3. The maximum Gasteiger partial charge on any atom is 0.317 e. The first-order chi connectivity index (χ1) is 11.6. The molecule has 1 aromatic rings. The molecule has 0 aliphatic carbocycles. The number of benzene rings is 1. The van der Waals surface area contributed by atoms with E-state index in [0.717, 1.165) is 31.5 Å². The maximum absolute atomic E-state index is 12.5. The fourth-order valence-corrected chi connectivity index (χ4v) is 3.31. The fourth-order valence-electron chi connectivity index (χ4n) is 3.31. The van der Waals surface area contributed by atoms with Crippen molar-refractivity contribution in [2.75, 3.05) is 25.0 Å². The summed E-state index contributed by atoms with van der Waals surface area (Å²) in [5.74, 6) is 1.12. The van der Waals surface area contributed by atoms with Crippen LogP contribution in [0.25, 0.3) is 0 Å². The van der Waals surface area contributed by atoms with Gasteiger partial charge in [0.15, 0.2) is 6.61 Å². The topological polar surface area (TPSA) is 70.7 Å². The number of amides is 3. The predicted molar refractivity (Wildman–Crippen MR) is 92.1 cm³/mol. The van der Waals surface area contributed by atoms with Crippen LogP contribution in [0.5, 0.6) is 5.75 Å². The van der Waals surface area contributed by atoms with Crippen LogP contribution in [0.2, 0.25) is 0 Å². The molecule has 2 aliphatic heterocycles. The van der Waals surface area contributed by atoms with Crippen molar-refractivity contribution in [1.29, 1.82) is 0 Å². The van der Waals surface area contributed by atoms with Gasteiger partial charge in [0.25, 0.3) is 5.91 Å². The van der Waals surface area contributed by atoms with Gasteiger partial charge in [0.05, 0.1) is 11.7 Å². The highest BCUT2D eigenvalue weighted by Gasteiger charge is 2.24. The van der Waals surface area contributed by atoms with Crippen LogP contribution in [0.15, 0.2) is 18.2 Å². The number of anilines is 1.